The van der Waals surface area contributed by atoms with Crippen molar-refractivity contribution in [2.75, 3.05) is 12.4 Å². The highest BCUT2D eigenvalue weighted by atomic mass is 35.5. The number of aromatic nitrogens is 1. The number of halogens is 1. The fourth-order valence-electron chi connectivity index (χ4n) is 3.91. The van der Waals surface area contributed by atoms with Crippen LogP contribution in [0.1, 0.15) is 25.7 Å². The first-order valence-electron chi connectivity index (χ1n) is 8.54. The lowest BCUT2D eigenvalue weighted by Gasteiger charge is -2.36. The Balaban J connectivity index is 1.43. The third kappa shape index (κ3) is 3.41. The molecule has 2 saturated heterocycles. The van der Waals surface area contributed by atoms with E-state index in [-0.39, 0.29) is 0 Å². The zero-order chi connectivity index (χ0) is 16.5. The molecule has 0 amide bonds. The number of anilines is 2. The Hall–Kier alpha value is -1.23. The maximum absolute atomic E-state index is 6.55. The molecule has 2 bridgehead atoms. The van der Waals surface area contributed by atoms with E-state index in [1.165, 1.54) is 30.6 Å². The molecule has 1 N–H and O–H groups in total. The lowest BCUT2D eigenvalue weighted by Crippen LogP contribution is -2.40. The number of pyridine rings is 1. The largest absolute Gasteiger partial charge is 0.354 e. The molecule has 126 valence electrons. The van der Waals surface area contributed by atoms with Crippen LogP contribution in [0.3, 0.4) is 0 Å². The molecule has 5 heteroatoms. The number of nitrogens with one attached hydrogen (secondary N) is 1. The van der Waals surface area contributed by atoms with Crippen molar-refractivity contribution in [1.29, 1.82) is 0 Å². The first kappa shape index (κ1) is 16.2. The van der Waals surface area contributed by atoms with E-state index < -0.39 is 0 Å². The normalized spacial score (nSPS) is 26.5. The number of fused-ring (bicyclic) bond motifs is 2. The topological polar surface area (TPSA) is 28.2 Å². The van der Waals surface area contributed by atoms with Gasteiger partial charge >= 0.3 is 0 Å². The number of hydrogen-bond acceptors (Lipinski definition) is 4. The Morgan fingerprint density at radius 3 is 2.62 bits per heavy atom. The summed E-state index contributed by atoms with van der Waals surface area (Å²) in [6.07, 6.45) is 8.87. The SMILES string of the molecule is CN1[C@@H]2CC[C@H]1CC(Sc1ccc(Nc3cccnc3)cc1Cl)C2. The summed E-state index contributed by atoms with van der Waals surface area (Å²) in [6.45, 7) is 0. The summed E-state index contributed by atoms with van der Waals surface area (Å²) >= 11 is 8.50. The highest BCUT2D eigenvalue weighted by Crippen LogP contribution is 2.43. The van der Waals surface area contributed by atoms with Gasteiger partial charge in [0, 0.05) is 34.1 Å². The van der Waals surface area contributed by atoms with Gasteiger partial charge in [0.25, 0.3) is 0 Å². The summed E-state index contributed by atoms with van der Waals surface area (Å²) in [5.41, 5.74) is 1.97. The molecule has 0 radical (unpaired) electrons. The molecule has 2 aliphatic rings. The number of benzene rings is 1. The van der Waals surface area contributed by atoms with Crippen LogP contribution in [0.4, 0.5) is 11.4 Å². The predicted molar refractivity (Wildman–Crippen MR) is 102 cm³/mol. The molecule has 3 heterocycles. The summed E-state index contributed by atoms with van der Waals surface area (Å²) in [4.78, 5) is 7.90. The van der Waals surface area contributed by atoms with Crippen LogP contribution in [-0.2, 0) is 0 Å². The Bertz CT molecular complexity index is 695. The number of rotatable bonds is 4. The van der Waals surface area contributed by atoms with Crippen molar-refractivity contribution in [2.45, 2.75) is 47.9 Å². The van der Waals surface area contributed by atoms with Crippen molar-refractivity contribution in [3.8, 4) is 0 Å². The lowest BCUT2D eigenvalue weighted by atomic mass is 10.0. The molecule has 24 heavy (non-hydrogen) atoms. The van der Waals surface area contributed by atoms with Gasteiger partial charge in [-0.25, -0.2) is 0 Å². The molecule has 2 aliphatic heterocycles. The molecule has 1 aromatic heterocycles. The summed E-state index contributed by atoms with van der Waals surface area (Å²) in [7, 11) is 2.29. The summed E-state index contributed by atoms with van der Waals surface area (Å²) < 4.78 is 0. The number of piperidine rings is 1. The zero-order valence-electron chi connectivity index (χ0n) is 13.8. The first-order valence-corrected chi connectivity index (χ1v) is 9.80. The van der Waals surface area contributed by atoms with Gasteiger partial charge in [-0.15, -0.1) is 11.8 Å². The van der Waals surface area contributed by atoms with Crippen LogP contribution >= 0.6 is 23.4 Å². The standard InChI is InChI=1S/C19H22ClN3S/c1-23-15-5-6-16(23)11-17(10-15)24-19-7-4-13(9-18(19)20)22-14-3-2-8-21-12-14/h2-4,7-9,12,15-17,22H,5-6,10-11H2,1H3/t15-,16+,17?. The molecule has 1 unspecified atom stereocenters. The third-order valence-corrected chi connectivity index (χ3v) is 6.98. The van der Waals surface area contributed by atoms with Crippen molar-refractivity contribution in [1.82, 2.24) is 9.88 Å². The van der Waals surface area contributed by atoms with E-state index in [1.807, 2.05) is 36.2 Å². The summed E-state index contributed by atoms with van der Waals surface area (Å²) in [6, 6.07) is 11.7. The molecular weight excluding hydrogens is 338 g/mol. The minimum atomic E-state index is 0.688. The Morgan fingerprint density at radius 1 is 1.17 bits per heavy atom. The zero-order valence-corrected chi connectivity index (χ0v) is 15.4. The van der Waals surface area contributed by atoms with Gasteiger partial charge in [0.15, 0.2) is 0 Å². The summed E-state index contributed by atoms with van der Waals surface area (Å²) in [5.74, 6) is 0. The smallest absolute Gasteiger partial charge is 0.0570 e. The molecule has 1 aromatic carbocycles. The number of nitrogens with zero attached hydrogens (tertiary/aromatic N) is 2. The van der Waals surface area contributed by atoms with E-state index in [0.29, 0.717) is 5.25 Å². The minimum Gasteiger partial charge on any atom is -0.354 e. The van der Waals surface area contributed by atoms with E-state index in [9.17, 15) is 0 Å². The van der Waals surface area contributed by atoms with Gasteiger partial charge in [0.2, 0.25) is 0 Å². The molecule has 0 saturated carbocycles. The average Bonchev–Trinajstić information content (AvgIpc) is 2.80. The maximum atomic E-state index is 6.55. The fraction of sp³-hybridized carbons (Fsp3) is 0.421. The van der Waals surface area contributed by atoms with Crippen LogP contribution in [0.25, 0.3) is 0 Å². The van der Waals surface area contributed by atoms with Crippen LogP contribution < -0.4 is 5.32 Å². The molecule has 2 aromatic rings. The van der Waals surface area contributed by atoms with E-state index in [0.717, 1.165) is 28.5 Å². The van der Waals surface area contributed by atoms with Crippen molar-refractivity contribution >= 4 is 34.7 Å². The summed E-state index contributed by atoms with van der Waals surface area (Å²) in [5, 5.41) is 4.86. The molecule has 3 nitrogen and oxygen atoms in total. The Labute approximate surface area is 152 Å². The van der Waals surface area contributed by atoms with Gasteiger partial charge < -0.3 is 10.2 Å². The van der Waals surface area contributed by atoms with Crippen LogP contribution in [0.5, 0.6) is 0 Å². The van der Waals surface area contributed by atoms with Crippen LogP contribution in [-0.4, -0.2) is 34.3 Å². The van der Waals surface area contributed by atoms with Crippen LogP contribution in [0.2, 0.25) is 5.02 Å². The van der Waals surface area contributed by atoms with Crippen molar-refractivity contribution in [2.24, 2.45) is 0 Å². The second-order valence-corrected chi connectivity index (χ2v) is 8.52. The van der Waals surface area contributed by atoms with E-state index in [2.05, 4.69) is 34.4 Å². The monoisotopic (exact) mass is 359 g/mol. The molecular formula is C19H22ClN3S. The lowest BCUT2D eigenvalue weighted by molar-refractivity contribution is 0.183. The van der Waals surface area contributed by atoms with E-state index >= 15 is 0 Å². The predicted octanol–water partition coefficient (Wildman–Crippen LogP) is 5.20. The van der Waals surface area contributed by atoms with E-state index in [1.54, 1.807) is 6.20 Å². The number of thioether (sulfide) groups is 1. The Kier molecular flexibility index (Phi) is 4.70. The van der Waals surface area contributed by atoms with Crippen molar-refractivity contribution in [3.05, 3.63) is 47.7 Å². The van der Waals surface area contributed by atoms with Gasteiger partial charge in [-0.2, -0.15) is 0 Å². The van der Waals surface area contributed by atoms with Crippen LogP contribution in [0.15, 0.2) is 47.6 Å². The number of hydrogen-bond donors (Lipinski definition) is 1. The second-order valence-electron chi connectivity index (χ2n) is 6.77. The highest BCUT2D eigenvalue weighted by Gasteiger charge is 2.38. The van der Waals surface area contributed by atoms with Crippen molar-refractivity contribution < 1.29 is 0 Å². The van der Waals surface area contributed by atoms with Gasteiger partial charge in [0.05, 0.1) is 16.9 Å². The first-order chi connectivity index (χ1) is 11.7. The van der Waals surface area contributed by atoms with Gasteiger partial charge in [0.1, 0.15) is 0 Å². The van der Waals surface area contributed by atoms with Gasteiger partial charge in [-0.1, -0.05) is 11.6 Å². The minimum absolute atomic E-state index is 0.688. The second kappa shape index (κ2) is 6.95. The highest BCUT2D eigenvalue weighted by molar-refractivity contribution is 8.00. The molecule has 3 atom stereocenters. The maximum Gasteiger partial charge on any atom is 0.0570 e. The fourth-order valence-corrected chi connectivity index (χ4v) is 5.54. The van der Waals surface area contributed by atoms with Crippen molar-refractivity contribution in [3.63, 3.8) is 0 Å². The Morgan fingerprint density at radius 2 is 1.96 bits per heavy atom. The molecule has 0 spiro atoms. The molecule has 0 aliphatic carbocycles. The quantitative estimate of drug-likeness (QED) is 0.812. The van der Waals surface area contributed by atoms with Gasteiger partial charge in [-0.3, -0.25) is 4.98 Å². The molecule has 2 fully saturated rings. The van der Waals surface area contributed by atoms with Crippen LogP contribution in [0, 0.1) is 0 Å². The average molecular weight is 360 g/mol. The van der Waals surface area contributed by atoms with Gasteiger partial charge in [-0.05, 0) is 63.1 Å². The molecule has 4 rings (SSSR count). The van der Waals surface area contributed by atoms with E-state index in [4.69, 9.17) is 11.6 Å². The third-order valence-electron chi connectivity index (χ3n) is 5.23.